The molecule has 6 nitrogen and oxygen atoms in total. The van der Waals surface area contributed by atoms with E-state index < -0.39 is 5.97 Å². The fourth-order valence-electron chi connectivity index (χ4n) is 1.73. The van der Waals surface area contributed by atoms with Crippen molar-refractivity contribution in [2.75, 3.05) is 19.0 Å². The highest BCUT2D eigenvalue weighted by Crippen LogP contribution is 2.17. The normalized spacial score (nSPS) is 12.1. The van der Waals surface area contributed by atoms with Crippen LogP contribution in [0, 0.1) is 5.92 Å². The third-order valence-electron chi connectivity index (χ3n) is 2.61. The second kappa shape index (κ2) is 8.65. The van der Waals surface area contributed by atoms with Gasteiger partial charge in [0.25, 0.3) is 0 Å². The Bertz CT molecular complexity index is 447. The van der Waals surface area contributed by atoms with Gasteiger partial charge in [-0.05, 0) is 18.8 Å². The van der Waals surface area contributed by atoms with E-state index in [2.05, 4.69) is 10.3 Å². The molecule has 1 unspecified atom stereocenters. The molecule has 2 N–H and O–H groups in total. The predicted molar refractivity (Wildman–Crippen MR) is 77.0 cm³/mol. The van der Waals surface area contributed by atoms with Gasteiger partial charge < -0.3 is 15.2 Å². The van der Waals surface area contributed by atoms with Crippen LogP contribution in [-0.2, 0) is 20.7 Å². The number of nitrogens with one attached hydrogen (secondary N) is 1. The van der Waals surface area contributed by atoms with Gasteiger partial charge >= 0.3 is 5.97 Å². The van der Waals surface area contributed by atoms with Crippen molar-refractivity contribution >= 4 is 28.3 Å². The molecule has 1 amide bonds. The van der Waals surface area contributed by atoms with E-state index in [0.29, 0.717) is 31.0 Å². The van der Waals surface area contributed by atoms with Gasteiger partial charge in [0.15, 0.2) is 5.13 Å². The number of methoxy groups -OCH3 is 1. The Morgan fingerprint density at radius 1 is 1.55 bits per heavy atom. The number of anilines is 1. The number of hydrogen-bond donors (Lipinski definition) is 2. The molecule has 0 aromatic carbocycles. The molecule has 1 heterocycles. The molecule has 0 aliphatic carbocycles. The quantitative estimate of drug-likeness (QED) is 0.729. The van der Waals surface area contributed by atoms with Gasteiger partial charge in [0.2, 0.25) is 5.91 Å². The Labute approximate surface area is 122 Å². The van der Waals surface area contributed by atoms with Gasteiger partial charge in [0.05, 0.1) is 5.69 Å². The molecule has 0 saturated carbocycles. The number of carboxylic acids is 1. The van der Waals surface area contributed by atoms with Gasteiger partial charge in [-0.15, -0.1) is 11.3 Å². The summed E-state index contributed by atoms with van der Waals surface area (Å²) >= 11 is 1.36. The first-order valence-electron chi connectivity index (χ1n) is 6.46. The lowest BCUT2D eigenvalue weighted by Crippen LogP contribution is -2.17. The minimum Gasteiger partial charge on any atom is -0.481 e. The van der Waals surface area contributed by atoms with Crippen LogP contribution in [0.2, 0.25) is 0 Å². The monoisotopic (exact) mass is 300 g/mol. The summed E-state index contributed by atoms with van der Waals surface area (Å²) in [5.74, 6) is -0.725. The van der Waals surface area contributed by atoms with Crippen LogP contribution in [0.3, 0.4) is 0 Å². The molecule has 0 aliphatic rings. The van der Waals surface area contributed by atoms with Gasteiger partial charge in [-0.1, -0.05) is 6.92 Å². The summed E-state index contributed by atoms with van der Waals surface area (Å²) in [5.41, 5.74) is 0.816. The van der Waals surface area contributed by atoms with Crippen molar-refractivity contribution in [3.05, 3.63) is 11.1 Å². The van der Waals surface area contributed by atoms with E-state index in [-0.39, 0.29) is 18.2 Å². The van der Waals surface area contributed by atoms with Crippen molar-refractivity contribution in [2.24, 2.45) is 5.92 Å². The molecule has 7 heteroatoms. The fourth-order valence-corrected chi connectivity index (χ4v) is 2.49. The molecule has 0 bridgehead atoms. The number of hydrogen-bond acceptors (Lipinski definition) is 5. The summed E-state index contributed by atoms with van der Waals surface area (Å²) < 4.78 is 4.98. The highest BCUT2D eigenvalue weighted by molar-refractivity contribution is 7.13. The molecule has 1 aromatic heterocycles. The van der Waals surface area contributed by atoms with Crippen molar-refractivity contribution in [2.45, 2.75) is 32.6 Å². The van der Waals surface area contributed by atoms with Gasteiger partial charge in [-0.3, -0.25) is 9.59 Å². The first kappa shape index (κ1) is 16.6. The van der Waals surface area contributed by atoms with Crippen molar-refractivity contribution in [1.82, 2.24) is 4.98 Å². The average Bonchev–Trinajstić information content (AvgIpc) is 2.76. The van der Waals surface area contributed by atoms with Crippen molar-refractivity contribution in [1.29, 1.82) is 0 Å². The summed E-state index contributed by atoms with van der Waals surface area (Å²) in [4.78, 5) is 26.4. The van der Waals surface area contributed by atoms with E-state index in [1.807, 2.05) is 12.3 Å². The second-order valence-corrected chi connectivity index (χ2v) is 5.56. The molecule has 0 aliphatic heterocycles. The third-order valence-corrected chi connectivity index (χ3v) is 3.41. The lowest BCUT2D eigenvalue weighted by atomic mass is 10.1. The van der Waals surface area contributed by atoms with Gasteiger partial charge in [-0.25, -0.2) is 4.98 Å². The zero-order valence-corrected chi connectivity index (χ0v) is 12.5. The topological polar surface area (TPSA) is 88.5 Å². The minimum absolute atomic E-state index is 0.0824. The number of aliphatic carboxylic acids is 1. The number of carbonyl (C=O) groups is 2. The highest BCUT2D eigenvalue weighted by atomic mass is 32.1. The van der Waals surface area contributed by atoms with Crippen LogP contribution in [0.15, 0.2) is 5.38 Å². The van der Waals surface area contributed by atoms with E-state index >= 15 is 0 Å². The summed E-state index contributed by atoms with van der Waals surface area (Å²) in [6.07, 6.45) is 1.69. The smallest absolute Gasteiger partial charge is 0.303 e. The molecule has 112 valence electrons. The van der Waals surface area contributed by atoms with E-state index in [0.717, 1.165) is 5.69 Å². The number of carbonyl (C=O) groups excluding carboxylic acids is 1. The number of ether oxygens (including phenoxy) is 1. The van der Waals surface area contributed by atoms with Crippen LogP contribution in [0.4, 0.5) is 5.13 Å². The fraction of sp³-hybridized carbons (Fsp3) is 0.615. The first-order valence-corrected chi connectivity index (χ1v) is 7.34. The number of rotatable bonds is 9. The predicted octanol–water partition coefficient (Wildman–Crippen LogP) is 2.16. The summed E-state index contributed by atoms with van der Waals surface area (Å²) in [5, 5.41) is 13.7. The molecular weight excluding hydrogens is 280 g/mol. The minimum atomic E-state index is -0.805. The van der Waals surface area contributed by atoms with E-state index in [1.165, 1.54) is 11.3 Å². The Kier molecular flexibility index (Phi) is 7.17. The molecule has 0 fully saturated rings. The number of aryl methyl sites for hydroxylation is 1. The van der Waals surface area contributed by atoms with Gasteiger partial charge in [0.1, 0.15) is 0 Å². The average molecular weight is 300 g/mol. The molecule has 0 saturated heterocycles. The molecule has 1 rings (SSSR count). The largest absolute Gasteiger partial charge is 0.481 e. The zero-order chi connectivity index (χ0) is 15.0. The Morgan fingerprint density at radius 3 is 2.95 bits per heavy atom. The summed E-state index contributed by atoms with van der Waals surface area (Å²) in [7, 11) is 1.61. The zero-order valence-electron chi connectivity index (χ0n) is 11.7. The van der Waals surface area contributed by atoms with Crippen molar-refractivity contribution in [3.8, 4) is 0 Å². The third kappa shape index (κ3) is 6.63. The van der Waals surface area contributed by atoms with Crippen LogP contribution >= 0.6 is 11.3 Å². The number of amides is 1. The standard InChI is InChI=1S/C13H20N2O4S/c1-9(7-19-2)6-11(16)15-13-14-10(8-20-13)4-3-5-12(17)18/h8-9H,3-7H2,1-2H3,(H,17,18)(H,14,15,16). The SMILES string of the molecule is COCC(C)CC(=O)Nc1nc(CCCC(=O)O)cs1. The Morgan fingerprint density at radius 2 is 2.30 bits per heavy atom. The van der Waals surface area contributed by atoms with E-state index in [9.17, 15) is 9.59 Å². The number of thiazole rings is 1. The first-order chi connectivity index (χ1) is 9.51. The van der Waals surface area contributed by atoms with Crippen LogP contribution in [0.5, 0.6) is 0 Å². The maximum Gasteiger partial charge on any atom is 0.303 e. The molecule has 1 atom stereocenters. The van der Waals surface area contributed by atoms with Crippen LogP contribution in [0.1, 0.15) is 31.9 Å². The maximum atomic E-state index is 11.7. The second-order valence-electron chi connectivity index (χ2n) is 4.70. The molecule has 0 spiro atoms. The Balaban J connectivity index is 2.35. The number of carboxylic acid groups (broad SMARTS) is 1. The molecule has 0 radical (unpaired) electrons. The van der Waals surface area contributed by atoms with Gasteiger partial charge in [-0.2, -0.15) is 0 Å². The summed E-state index contributed by atoms with van der Waals surface area (Å²) in [6.45, 7) is 2.49. The maximum absolute atomic E-state index is 11.7. The highest BCUT2D eigenvalue weighted by Gasteiger charge is 2.11. The molecule has 20 heavy (non-hydrogen) atoms. The van der Waals surface area contributed by atoms with Gasteiger partial charge in [0, 0.05) is 31.9 Å². The van der Waals surface area contributed by atoms with Crippen molar-refractivity contribution in [3.63, 3.8) is 0 Å². The Hall–Kier alpha value is -1.47. The number of nitrogens with zero attached hydrogens (tertiary/aromatic N) is 1. The van der Waals surface area contributed by atoms with Crippen LogP contribution in [-0.4, -0.2) is 35.7 Å². The lowest BCUT2D eigenvalue weighted by molar-refractivity contribution is -0.137. The number of aromatic nitrogens is 1. The van der Waals surface area contributed by atoms with Crippen molar-refractivity contribution < 1.29 is 19.4 Å². The van der Waals surface area contributed by atoms with Crippen LogP contribution in [0.25, 0.3) is 0 Å². The van der Waals surface area contributed by atoms with E-state index in [4.69, 9.17) is 9.84 Å². The molecule has 1 aromatic rings. The summed E-state index contributed by atoms with van der Waals surface area (Å²) in [6, 6.07) is 0. The van der Waals surface area contributed by atoms with Crippen LogP contribution < -0.4 is 5.32 Å². The molecular formula is C13H20N2O4S. The lowest BCUT2D eigenvalue weighted by Gasteiger charge is -2.08. The van der Waals surface area contributed by atoms with E-state index in [1.54, 1.807) is 7.11 Å².